The van der Waals surface area contributed by atoms with E-state index >= 15 is 0 Å². The Morgan fingerprint density at radius 2 is 1.88 bits per heavy atom. The Balaban J connectivity index is 1.64. The van der Waals surface area contributed by atoms with Crippen LogP contribution in [0.3, 0.4) is 0 Å². The van der Waals surface area contributed by atoms with Gasteiger partial charge >= 0.3 is 0 Å². The van der Waals surface area contributed by atoms with Gasteiger partial charge in [0.15, 0.2) is 6.61 Å². The minimum atomic E-state index is -0.390. The summed E-state index contributed by atoms with van der Waals surface area (Å²) >= 11 is 3.33. The second-order valence-corrected chi connectivity index (χ2v) is 7.04. The quantitative estimate of drug-likeness (QED) is 0.808. The molecule has 1 saturated heterocycles. The van der Waals surface area contributed by atoms with Crippen LogP contribution >= 0.6 is 15.9 Å². The first-order chi connectivity index (χ1) is 12.4. The van der Waals surface area contributed by atoms with Crippen molar-refractivity contribution >= 4 is 27.7 Å². The summed E-state index contributed by atoms with van der Waals surface area (Å²) in [5, 5.41) is 2.86. The summed E-state index contributed by atoms with van der Waals surface area (Å²) in [5.41, 5.74) is 0.777. The highest BCUT2D eigenvalue weighted by atomic mass is 79.9. The number of likely N-dealkylation sites (tertiary alicyclic amines) is 1. The number of carbonyl (C=O) groups is 2. The fraction of sp³-hybridized carbons (Fsp3) is 0.263. The third-order valence-corrected chi connectivity index (χ3v) is 4.86. The SMILES string of the molecule is CN1C(=O)C[C@@H](NC(=O)COc2ccc(Br)cc2)[C@H]1c1ccc(F)cc1. The monoisotopic (exact) mass is 420 g/mol. The molecule has 1 aliphatic rings. The Morgan fingerprint density at radius 1 is 1.23 bits per heavy atom. The summed E-state index contributed by atoms with van der Waals surface area (Å²) in [6.07, 6.45) is 0.197. The number of nitrogens with one attached hydrogen (secondary N) is 1. The molecule has 26 heavy (non-hydrogen) atoms. The van der Waals surface area contributed by atoms with Gasteiger partial charge in [0.05, 0.1) is 12.1 Å². The van der Waals surface area contributed by atoms with Gasteiger partial charge in [-0.2, -0.15) is 0 Å². The minimum absolute atomic E-state index is 0.0709. The van der Waals surface area contributed by atoms with Crippen molar-refractivity contribution < 1.29 is 18.7 Å². The summed E-state index contributed by atoms with van der Waals surface area (Å²) in [6, 6.07) is 12.4. The average molecular weight is 421 g/mol. The molecule has 3 rings (SSSR count). The zero-order valence-electron chi connectivity index (χ0n) is 14.1. The van der Waals surface area contributed by atoms with Crippen LogP contribution < -0.4 is 10.1 Å². The molecule has 0 aliphatic carbocycles. The Labute approximate surface area is 159 Å². The average Bonchev–Trinajstić information content (AvgIpc) is 2.89. The van der Waals surface area contributed by atoms with Crippen LogP contribution in [0.4, 0.5) is 4.39 Å². The van der Waals surface area contributed by atoms with Gasteiger partial charge in [-0.1, -0.05) is 28.1 Å². The van der Waals surface area contributed by atoms with Gasteiger partial charge in [-0.3, -0.25) is 9.59 Å². The highest BCUT2D eigenvalue weighted by Crippen LogP contribution is 2.32. The lowest BCUT2D eigenvalue weighted by molar-refractivity contribution is -0.127. The van der Waals surface area contributed by atoms with E-state index < -0.39 is 0 Å². The van der Waals surface area contributed by atoms with Gasteiger partial charge in [0.2, 0.25) is 5.91 Å². The summed E-state index contributed by atoms with van der Waals surface area (Å²) in [4.78, 5) is 25.9. The van der Waals surface area contributed by atoms with Gasteiger partial charge < -0.3 is 15.0 Å². The van der Waals surface area contributed by atoms with Gasteiger partial charge in [-0.25, -0.2) is 4.39 Å². The molecule has 0 spiro atoms. The number of halogens is 2. The molecule has 5 nitrogen and oxygen atoms in total. The molecule has 0 radical (unpaired) electrons. The van der Waals surface area contributed by atoms with Crippen molar-refractivity contribution in [2.45, 2.75) is 18.5 Å². The lowest BCUT2D eigenvalue weighted by Gasteiger charge is -2.26. The maximum Gasteiger partial charge on any atom is 0.258 e. The van der Waals surface area contributed by atoms with Crippen LogP contribution in [0.2, 0.25) is 0 Å². The lowest BCUT2D eigenvalue weighted by Crippen LogP contribution is -2.41. The van der Waals surface area contributed by atoms with E-state index in [0.717, 1.165) is 10.0 Å². The molecule has 2 aromatic carbocycles. The second kappa shape index (κ2) is 7.86. The molecule has 2 amide bonds. The maximum atomic E-state index is 13.2. The van der Waals surface area contributed by atoms with E-state index in [1.165, 1.54) is 12.1 Å². The summed E-state index contributed by atoms with van der Waals surface area (Å²) < 4.78 is 19.6. The van der Waals surface area contributed by atoms with Gasteiger partial charge in [0, 0.05) is 17.9 Å². The number of hydrogen-bond acceptors (Lipinski definition) is 3. The van der Waals surface area contributed by atoms with E-state index in [-0.39, 0.29) is 42.7 Å². The molecule has 0 aromatic heterocycles. The molecule has 2 aromatic rings. The minimum Gasteiger partial charge on any atom is -0.484 e. The predicted octanol–water partition coefficient (Wildman–Crippen LogP) is 3.06. The number of likely N-dealkylation sites (N-methyl/N-ethyl adjacent to an activating group) is 1. The molecule has 1 N–H and O–H groups in total. The summed E-state index contributed by atoms with van der Waals surface area (Å²) in [7, 11) is 1.68. The number of amides is 2. The Morgan fingerprint density at radius 3 is 2.54 bits per heavy atom. The first-order valence-corrected chi connectivity index (χ1v) is 8.92. The molecular weight excluding hydrogens is 403 g/mol. The van der Waals surface area contributed by atoms with Gasteiger partial charge in [0.25, 0.3) is 5.91 Å². The number of hydrogen-bond donors (Lipinski definition) is 1. The lowest BCUT2D eigenvalue weighted by atomic mass is 10.00. The van der Waals surface area contributed by atoms with Crippen LogP contribution in [0.1, 0.15) is 18.0 Å². The van der Waals surface area contributed by atoms with Crippen LogP contribution in [0.25, 0.3) is 0 Å². The molecule has 2 atom stereocenters. The molecule has 0 bridgehead atoms. The highest BCUT2D eigenvalue weighted by Gasteiger charge is 2.39. The van der Waals surface area contributed by atoms with Crippen molar-refractivity contribution in [3.8, 4) is 5.75 Å². The fourth-order valence-electron chi connectivity index (χ4n) is 3.04. The third kappa shape index (κ3) is 4.22. The van der Waals surface area contributed by atoms with E-state index in [2.05, 4.69) is 21.2 Å². The van der Waals surface area contributed by atoms with Crippen molar-refractivity contribution in [1.82, 2.24) is 10.2 Å². The van der Waals surface area contributed by atoms with Crippen LogP contribution in [0.5, 0.6) is 5.75 Å². The Kier molecular flexibility index (Phi) is 5.56. The smallest absolute Gasteiger partial charge is 0.258 e. The third-order valence-electron chi connectivity index (χ3n) is 4.33. The van der Waals surface area contributed by atoms with Crippen molar-refractivity contribution in [2.75, 3.05) is 13.7 Å². The topological polar surface area (TPSA) is 58.6 Å². The van der Waals surface area contributed by atoms with Crippen LogP contribution in [-0.4, -0.2) is 36.4 Å². The number of rotatable bonds is 5. The Hall–Kier alpha value is -2.41. The zero-order valence-corrected chi connectivity index (χ0v) is 15.7. The predicted molar refractivity (Wildman–Crippen MR) is 98.1 cm³/mol. The molecule has 136 valence electrons. The van der Waals surface area contributed by atoms with Crippen LogP contribution in [0, 0.1) is 5.82 Å². The molecule has 0 unspecified atom stereocenters. The van der Waals surface area contributed by atoms with E-state index in [4.69, 9.17) is 4.74 Å². The number of nitrogens with zero attached hydrogens (tertiary/aromatic N) is 1. The molecular formula is C19H18BrFN2O3. The number of benzene rings is 2. The largest absolute Gasteiger partial charge is 0.484 e. The van der Waals surface area contributed by atoms with Gasteiger partial charge in [0.1, 0.15) is 11.6 Å². The van der Waals surface area contributed by atoms with E-state index in [9.17, 15) is 14.0 Å². The maximum absolute atomic E-state index is 13.2. The van der Waals surface area contributed by atoms with Crippen molar-refractivity contribution in [3.05, 3.63) is 64.4 Å². The molecule has 1 aliphatic heterocycles. The van der Waals surface area contributed by atoms with E-state index in [0.29, 0.717) is 5.75 Å². The standard InChI is InChI=1S/C19H18BrFN2O3/c1-23-18(25)10-16(19(23)12-2-6-14(21)7-3-12)22-17(24)11-26-15-8-4-13(20)5-9-15/h2-9,16,19H,10-11H2,1H3,(H,22,24)/t16-,19-/m1/s1. The number of ether oxygens (including phenoxy) is 1. The highest BCUT2D eigenvalue weighted by molar-refractivity contribution is 9.10. The summed E-state index contributed by atoms with van der Waals surface area (Å²) in [6.45, 7) is -0.147. The second-order valence-electron chi connectivity index (χ2n) is 6.12. The van der Waals surface area contributed by atoms with Gasteiger partial charge in [-0.15, -0.1) is 0 Å². The number of carbonyl (C=O) groups excluding carboxylic acids is 2. The van der Waals surface area contributed by atoms with E-state index in [1.807, 2.05) is 12.1 Å². The summed E-state index contributed by atoms with van der Waals surface area (Å²) in [5.74, 6) is -0.145. The molecule has 1 heterocycles. The van der Waals surface area contributed by atoms with Gasteiger partial charge in [-0.05, 0) is 42.0 Å². The zero-order chi connectivity index (χ0) is 18.7. The van der Waals surface area contributed by atoms with E-state index in [1.54, 1.807) is 36.2 Å². The molecule has 7 heteroatoms. The molecule has 1 fully saturated rings. The Bertz CT molecular complexity index is 795. The van der Waals surface area contributed by atoms with Crippen molar-refractivity contribution in [2.24, 2.45) is 0 Å². The van der Waals surface area contributed by atoms with Crippen molar-refractivity contribution in [3.63, 3.8) is 0 Å². The van der Waals surface area contributed by atoms with Crippen LogP contribution in [-0.2, 0) is 9.59 Å². The normalized spacial score (nSPS) is 19.5. The molecule has 0 saturated carbocycles. The fourth-order valence-corrected chi connectivity index (χ4v) is 3.31. The first-order valence-electron chi connectivity index (χ1n) is 8.13. The van der Waals surface area contributed by atoms with Crippen LogP contribution in [0.15, 0.2) is 53.0 Å². The van der Waals surface area contributed by atoms with Crippen molar-refractivity contribution in [1.29, 1.82) is 0 Å². The first kappa shape index (κ1) is 18.4.